The molecule has 0 radical (unpaired) electrons. The van der Waals surface area contributed by atoms with Crippen LogP contribution in [-0.4, -0.2) is 22.6 Å². The van der Waals surface area contributed by atoms with Gasteiger partial charge < -0.3 is 16.2 Å². The minimum Gasteiger partial charge on any atom is -0.480 e. The van der Waals surface area contributed by atoms with Crippen LogP contribution in [-0.2, 0) is 4.79 Å². The fourth-order valence-electron chi connectivity index (χ4n) is 1.41. The van der Waals surface area contributed by atoms with Gasteiger partial charge in [-0.15, -0.1) is 0 Å². The number of carbonyl (C=O) groups is 1. The molecule has 0 saturated carbocycles. The molecule has 1 heterocycles. The largest absolute Gasteiger partial charge is 0.480 e. The molecule has 0 aliphatic heterocycles. The van der Waals surface area contributed by atoms with E-state index in [4.69, 9.17) is 10.8 Å². The molecule has 1 aromatic heterocycles. The molecule has 0 bridgehead atoms. The molecule has 0 spiro atoms. The molecular weight excluding hydrogens is 206 g/mol. The van der Waals surface area contributed by atoms with Gasteiger partial charge in [0.25, 0.3) is 0 Å². The third kappa shape index (κ3) is 2.20. The Bertz CT molecular complexity index is 540. The fourth-order valence-corrected chi connectivity index (χ4v) is 1.41. The summed E-state index contributed by atoms with van der Waals surface area (Å²) in [5, 5.41) is 12.2. The lowest BCUT2D eigenvalue weighted by Gasteiger charge is -2.04. The topological polar surface area (TPSA) is 88.2 Å². The molecule has 0 saturated heterocycles. The van der Waals surface area contributed by atoms with E-state index in [0.29, 0.717) is 11.5 Å². The van der Waals surface area contributed by atoms with Gasteiger partial charge in [-0.3, -0.25) is 4.79 Å². The van der Waals surface area contributed by atoms with Crippen molar-refractivity contribution in [3.8, 4) is 0 Å². The number of fused-ring (bicyclic) bond motifs is 1. The van der Waals surface area contributed by atoms with Gasteiger partial charge >= 0.3 is 5.97 Å². The Morgan fingerprint density at radius 1 is 1.38 bits per heavy atom. The molecule has 0 aliphatic rings. The average Bonchev–Trinajstić information content (AvgIpc) is 2.26. The van der Waals surface area contributed by atoms with E-state index in [1.807, 2.05) is 12.1 Å². The number of aliphatic carboxylic acids is 1. The maximum atomic E-state index is 10.4. The zero-order valence-electron chi connectivity index (χ0n) is 8.47. The van der Waals surface area contributed by atoms with Crippen molar-refractivity contribution in [1.29, 1.82) is 0 Å². The summed E-state index contributed by atoms with van der Waals surface area (Å²) < 4.78 is 0. The standard InChI is InChI=1S/C11H11N3O2/c12-8-2-3-9-7(5-8)1-4-10(14-9)13-6-11(15)16/h1-5H,6,12H2,(H,13,14)(H,15,16). The monoisotopic (exact) mass is 217 g/mol. The van der Waals surface area contributed by atoms with Crippen LogP contribution >= 0.6 is 0 Å². The van der Waals surface area contributed by atoms with Crippen LogP contribution in [0.2, 0.25) is 0 Å². The quantitative estimate of drug-likeness (QED) is 0.674. The van der Waals surface area contributed by atoms with Crippen LogP contribution in [0.1, 0.15) is 0 Å². The first-order valence-electron chi connectivity index (χ1n) is 4.77. The van der Waals surface area contributed by atoms with Crippen molar-refractivity contribution in [2.75, 3.05) is 17.6 Å². The lowest BCUT2D eigenvalue weighted by atomic mass is 10.2. The van der Waals surface area contributed by atoms with Gasteiger partial charge in [-0.1, -0.05) is 0 Å². The number of nitrogen functional groups attached to an aromatic ring is 1. The number of nitrogens with two attached hydrogens (primary N) is 1. The average molecular weight is 217 g/mol. The van der Waals surface area contributed by atoms with Crippen molar-refractivity contribution in [3.63, 3.8) is 0 Å². The molecule has 0 aliphatic carbocycles. The molecule has 0 unspecified atom stereocenters. The number of carboxylic acids is 1. The first-order chi connectivity index (χ1) is 7.65. The molecule has 16 heavy (non-hydrogen) atoms. The Morgan fingerprint density at radius 2 is 2.19 bits per heavy atom. The van der Waals surface area contributed by atoms with Crippen LogP contribution in [0.4, 0.5) is 11.5 Å². The van der Waals surface area contributed by atoms with E-state index in [0.717, 1.165) is 10.9 Å². The van der Waals surface area contributed by atoms with E-state index < -0.39 is 5.97 Å². The number of anilines is 2. The molecule has 0 atom stereocenters. The zero-order valence-corrected chi connectivity index (χ0v) is 8.47. The molecule has 0 amide bonds. The van der Waals surface area contributed by atoms with Crippen LogP contribution in [0.15, 0.2) is 30.3 Å². The molecule has 4 N–H and O–H groups in total. The smallest absolute Gasteiger partial charge is 0.322 e. The number of hydrogen-bond donors (Lipinski definition) is 3. The predicted molar refractivity (Wildman–Crippen MR) is 62.3 cm³/mol. The van der Waals surface area contributed by atoms with Crippen LogP contribution in [0.25, 0.3) is 10.9 Å². The number of nitrogens with zero attached hydrogens (tertiary/aromatic N) is 1. The van der Waals surface area contributed by atoms with Crippen molar-refractivity contribution in [2.45, 2.75) is 0 Å². The van der Waals surface area contributed by atoms with E-state index in [-0.39, 0.29) is 6.54 Å². The number of hydrogen-bond acceptors (Lipinski definition) is 4. The number of rotatable bonds is 3. The first-order valence-corrected chi connectivity index (χ1v) is 4.77. The van der Waals surface area contributed by atoms with Gasteiger partial charge in [0.15, 0.2) is 0 Å². The van der Waals surface area contributed by atoms with Crippen molar-refractivity contribution >= 4 is 28.4 Å². The van der Waals surface area contributed by atoms with E-state index in [1.54, 1.807) is 18.2 Å². The second-order valence-electron chi connectivity index (χ2n) is 3.40. The Balaban J connectivity index is 2.30. The highest BCUT2D eigenvalue weighted by Gasteiger charge is 2.00. The maximum Gasteiger partial charge on any atom is 0.322 e. The summed E-state index contributed by atoms with van der Waals surface area (Å²) in [5.41, 5.74) is 7.10. The van der Waals surface area contributed by atoms with Crippen molar-refractivity contribution < 1.29 is 9.90 Å². The van der Waals surface area contributed by atoms with E-state index in [1.165, 1.54) is 0 Å². The van der Waals surface area contributed by atoms with Crippen molar-refractivity contribution in [2.24, 2.45) is 0 Å². The highest BCUT2D eigenvalue weighted by Crippen LogP contribution is 2.17. The second-order valence-corrected chi connectivity index (χ2v) is 3.40. The van der Waals surface area contributed by atoms with Crippen LogP contribution in [0, 0.1) is 0 Å². The van der Waals surface area contributed by atoms with Crippen LogP contribution in [0.3, 0.4) is 0 Å². The number of aromatic nitrogens is 1. The van der Waals surface area contributed by atoms with Gasteiger partial charge in [0.2, 0.25) is 0 Å². The summed E-state index contributed by atoms with van der Waals surface area (Å²) in [5.74, 6) is -0.376. The van der Waals surface area contributed by atoms with E-state index in [9.17, 15) is 4.79 Å². The summed E-state index contributed by atoms with van der Waals surface area (Å²) in [4.78, 5) is 14.6. The molecule has 2 aromatic rings. The number of benzene rings is 1. The SMILES string of the molecule is Nc1ccc2nc(NCC(=O)O)ccc2c1. The number of pyridine rings is 1. The Hall–Kier alpha value is -2.30. The van der Waals surface area contributed by atoms with Gasteiger partial charge in [-0.2, -0.15) is 0 Å². The minimum atomic E-state index is -0.917. The van der Waals surface area contributed by atoms with E-state index >= 15 is 0 Å². The van der Waals surface area contributed by atoms with Crippen molar-refractivity contribution in [1.82, 2.24) is 4.98 Å². The molecule has 2 rings (SSSR count). The molecule has 5 heteroatoms. The van der Waals surface area contributed by atoms with Crippen LogP contribution in [0.5, 0.6) is 0 Å². The normalized spacial score (nSPS) is 10.2. The molecule has 0 fully saturated rings. The number of nitrogens with one attached hydrogen (secondary N) is 1. The van der Waals surface area contributed by atoms with Gasteiger partial charge in [0, 0.05) is 11.1 Å². The molecule has 82 valence electrons. The molecule has 1 aromatic carbocycles. The Morgan fingerprint density at radius 3 is 2.94 bits per heavy atom. The highest BCUT2D eigenvalue weighted by molar-refractivity contribution is 5.83. The minimum absolute atomic E-state index is 0.145. The van der Waals surface area contributed by atoms with Crippen LogP contribution < -0.4 is 11.1 Å². The fraction of sp³-hybridized carbons (Fsp3) is 0.0909. The summed E-state index contributed by atoms with van der Waals surface area (Å²) in [6.07, 6.45) is 0. The second kappa shape index (κ2) is 4.06. The molecule has 5 nitrogen and oxygen atoms in total. The van der Waals surface area contributed by atoms with Gasteiger partial charge in [-0.25, -0.2) is 4.98 Å². The molecular formula is C11H11N3O2. The summed E-state index contributed by atoms with van der Waals surface area (Å²) >= 11 is 0. The maximum absolute atomic E-state index is 10.4. The Labute approximate surface area is 91.9 Å². The van der Waals surface area contributed by atoms with Gasteiger partial charge in [-0.05, 0) is 30.3 Å². The highest BCUT2D eigenvalue weighted by atomic mass is 16.4. The first kappa shape index (κ1) is 10.2. The van der Waals surface area contributed by atoms with Gasteiger partial charge in [0.05, 0.1) is 5.52 Å². The van der Waals surface area contributed by atoms with Gasteiger partial charge in [0.1, 0.15) is 12.4 Å². The summed E-state index contributed by atoms with van der Waals surface area (Å²) in [7, 11) is 0. The lowest BCUT2D eigenvalue weighted by molar-refractivity contribution is -0.134. The Kier molecular flexibility index (Phi) is 2.59. The van der Waals surface area contributed by atoms with E-state index in [2.05, 4.69) is 10.3 Å². The zero-order chi connectivity index (χ0) is 11.5. The predicted octanol–water partition coefficient (Wildman–Crippen LogP) is 1.31. The summed E-state index contributed by atoms with van der Waals surface area (Å²) in [6.45, 7) is -0.145. The number of carboxylic acid groups (broad SMARTS) is 1. The third-order valence-corrected chi connectivity index (χ3v) is 2.13. The summed E-state index contributed by atoms with van der Waals surface area (Å²) in [6, 6.07) is 8.96. The third-order valence-electron chi connectivity index (χ3n) is 2.13. The lowest BCUT2D eigenvalue weighted by Crippen LogP contribution is -2.13. The van der Waals surface area contributed by atoms with Crippen molar-refractivity contribution in [3.05, 3.63) is 30.3 Å².